The number of benzene rings is 1. The molecular weight excluding hydrogens is 330 g/mol. The van der Waals surface area contributed by atoms with Gasteiger partial charge in [0.05, 0.1) is 6.54 Å². The van der Waals surface area contributed by atoms with E-state index in [0.29, 0.717) is 30.2 Å². The van der Waals surface area contributed by atoms with E-state index in [1.54, 1.807) is 31.3 Å². The first kappa shape index (κ1) is 19.3. The second-order valence-electron chi connectivity index (χ2n) is 6.02. The van der Waals surface area contributed by atoms with Gasteiger partial charge in [-0.3, -0.25) is 14.6 Å². The van der Waals surface area contributed by atoms with Crippen LogP contribution in [-0.2, 0) is 9.59 Å². The van der Waals surface area contributed by atoms with E-state index in [0.717, 1.165) is 13.0 Å². The van der Waals surface area contributed by atoms with E-state index < -0.39 is 0 Å². The van der Waals surface area contributed by atoms with Gasteiger partial charge in [0.1, 0.15) is 0 Å². The third kappa shape index (κ3) is 5.52. The lowest BCUT2D eigenvalue weighted by Gasteiger charge is -2.18. The Morgan fingerprint density at radius 2 is 2.23 bits per heavy atom. The Hall–Kier alpha value is -3.01. The quantitative estimate of drug-likeness (QED) is 0.414. The van der Waals surface area contributed by atoms with Crippen LogP contribution in [0.1, 0.15) is 25.3 Å². The molecule has 1 aromatic rings. The first-order chi connectivity index (χ1) is 12.5. The summed E-state index contributed by atoms with van der Waals surface area (Å²) < 4.78 is 0. The summed E-state index contributed by atoms with van der Waals surface area (Å²) >= 11 is 0. The van der Waals surface area contributed by atoms with Crippen molar-refractivity contribution < 1.29 is 9.59 Å². The standard InChI is InChI=1S/C19H25N5O2/c1-4-14-7-6-8-15(11-14)22-17(25)12-21-19(20-3)23-16-9-10-24(13-16)18(26)5-2/h1,6-8,11,16H,5,9-10,12-13H2,2-3H3,(H,22,25)(H2,20,21,23). The molecule has 3 N–H and O–H groups in total. The number of aliphatic imine (C=N–C) groups is 1. The molecule has 1 atom stereocenters. The van der Waals surface area contributed by atoms with Crippen molar-refractivity contribution in [2.75, 3.05) is 32.0 Å². The number of nitrogens with one attached hydrogen (secondary N) is 3. The highest BCUT2D eigenvalue weighted by Gasteiger charge is 2.25. The molecule has 7 heteroatoms. The van der Waals surface area contributed by atoms with Crippen molar-refractivity contribution in [3.63, 3.8) is 0 Å². The fourth-order valence-corrected chi connectivity index (χ4v) is 2.77. The van der Waals surface area contributed by atoms with Gasteiger partial charge in [0.25, 0.3) is 0 Å². The van der Waals surface area contributed by atoms with Crippen molar-refractivity contribution in [1.82, 2.24) is 15.5 Å². The molecule has 0 radical (unpaired) electrons. The number of carbonyl (C=O) groups excluding carboxylic acids is 2. The molecule has 0 aliphatic carbocycles. The lowest BCUT2D eigenvalue weighted by Crippen LogP contribution is -2.47. The molecule has 0 spiro atoms. The summed E-state index contributed by atoms with van der Waals surface area (Å²) in [5.74, 6) is 3.03. The molecule has 0 saturated carbocycles. The predicted molar refractivity (Wildman–Crippen MR) is 103 cm³/mol. The molecule has 7 nitrogen and oxygen atoms in total. The van der Waals surface area contributed by atoms with Gasteiger partial charge in [0, 0.05) is 43.9 Å². The van der Waals surface area contributed by atoms with Crippen LogP contribution < -0.4 is 16.0 Å². The van der Waals surface area contributed by atoms with Gasteiger partial charge < -0.3 is 20.9 Å². The van der Waals surface area contributed by atoms with Crippen molar-refractivity contribution in [3.05, 3.63) is 29.8 Å². The lowest BCUT2D eigenvalue weighted by atomic mass is 10.2. The van der Waals surface area contributed by atoms with E-state index >= 15 is 0 Å². The average Bonchev–Trinajstić information content (AvgIpc) is 3.13. The summed E-state index contributed by atoms with van der Waals surface area (Å²) in [6.45, 7) is 3.33. The molecule has 1 saturated heterocycles. The van der Waals surface area contributed by atoms with Gasteiger partial charge in [-0.25, -0.2) is 0 Å². The highest BCUT2D eigenvalue weighted by Crippen LogP contribution is 2.11. The van der Waals surface area contributed by atoms with E-state index in [9.17, 15) is 9.59 Å². The number of terminal acetylenes is 1. The van der Waals surface area contributed by atoms with Crippen molar-refractivity contribution in [1.29, 1.82) is 0 Å². The first-order valence-corrected chi connectivity index (χ1v) is 8.67. The fourth-order valence-electron chi connectivity index (χ4n) is 2.77. The summed E-state index contributed by atoms with van der Waals surface area (Å²) in [5.41, 5.74) is 1.36. The van der Waals surface area contributed by atoms with Gasteiger partial charge in [-0.1, -0.05) is 18.9 Å². The van der Waals surface area contributed by atoms with Crippen LogP contribution in [0.3, 0.4) is 0 Å². The number of hydrogen-bond acceptors (Lipinski definition) is 3. The van der Waals surface area contributed by atoms with E-state index in [-0.39, 0.29) is 24.4 Å². The Morgan fingerprint density at radius 1 is 1.42 bits per heavy atom. The van der Waals surface area contributed by atoms with Gasteiger partial charge in [0.2, 0.25) is 11.8 Å². The van der Waals surface area contributed by atoms with Crippen molar-refractivity contribution in [2.24, 2.45) is 4.99 Å². The number of rotatable bonds is 5. The first-order valence-electron chi connectivity index (χ1n) is 8.67. The van der Waals surface area contributed by atoms with Crippen LogP contribution in [0.15, 0.2) is 29.3 Å². The Kier molecular flexibility index (Phi) is 7.03. The van der Waals surface area contributed by atoms with Crippen LogP contribution in [0.4, 0.5) is 5.69 Å². The topological polar surface area (TPSA) is 85.8 Å². The number of likely N-dealkylation sites (tertiary alicyclic amines) is 1. The second-order valence-corrected chi connectivity index (χ2v) is 6.02. The van der Waals surface area contributed by atoms with Gasteiger partial charge in [-0.2, -0.15) is 0 Å². The SMILES string of the molecule is C#Cc1cccc(NC(=O)CNC(=NC)NC2CCN(C(=O)CC)C2)c1. The van der Waals surface area contributed by atoms with Crippen LogP contribution in [0.2, 0.25) is 0 Å². The minimum absolute atomic E-state index is 0.0737. The number of hydrogen-bond donors (Lipinski definition) is 3. The Bertz CT molecular complexity index is 723. The van der Waals surface area contributed by atoms with Crippen molar-refractivity contribution in [2.45, 2.75) is 25.8 Å². The minimum Gasteiger partial charge on any atom is -0.352 e. The summed E-state index contributed by atoms with van der Waals surface area (Å²) in [4.78, 5) is 29.8. The van der Waals surface area contributed by atoms with Crippen LogP contribution in [0.25, 0.3) is 0 Å². The summed E-state index contributed by atoms with van der Waals surface area (Å²) in [6, 6.07) is 7.25. The van der Waals surface area contributed by atoms with Gasteiger partial charge in [-0.05, 0) is 24.6 Å². The van der Waals surface area contributed by atoms with E-state index in [2.05, 4.69) is 26.9 Å². The molecule has 1 unspecified atom stereocenters. The molecule has 26 heavy (non-hydrogen) atoms. The maximum atomic E-state index is 12.1. The molecule has 2 rings (SSSR count). The third-order valence-electron chi connectivity index (χ3n) is 4.14. The molecule has 0 bridgehead atoms. The molecule has 1 fully saturated rings. The van der Waals surface area contributed by atoms with Crippen LogP contribution in [0.5, 0.6) is 0 Å². The monoisotopic (exact) mass is 355 g/mol. The normalized spacial score (nSPS) is 16.7. The number of anilines is 1. The number of amides is 2. The molecule has 2 amide bonds. The van der Waals surface area contributed by atoms with Crippen molar-refractivity contribution >= 4 is 23.5 Å². The maximum absolute atomic E-state index is 12.1. The number of nitrogens with zero attached hydrogens (tertiary/aromatic N) is 2. The summed E-state index contributed by atoms with van der Waals surface area (Å²) in [6.07, 6.45) is 6.73. The van der Waals surface area contributed by atoms with Crippen molar-refractivity contribution in [3.8, 4) is 12.3 Å². The molecule has 0 aromatic heterocycles. The Morgan fingerprint density at radius 3 is 2.92 bits per heavy atom. The largest absolute Gasteiger partial charge is 0.352 e. The zero-order chi connectivity index (χ0) is 18.9. The molecular formula is C19H25N5O2. The zero-order valence-electron chi connectivity index (χ0n) is 15.2. The molecule has 1 aromatic carbocycles. The van der Waals surface area contributed by atoms with Crippen LogP contribution >= 0.6 is 0 Å². The Labute approximate surface area is 154 Å². The summed E-state index contributed by atoms with van der Waals surface area (Å²) in [5, 5.41) is 9.02. The molecule has 1 aliphatic rings. The molecule has 1 aliphatic heterocycles. The van der Waals surface area contributed by atoms with Gasteiger partial charge >= 0.3 is 0 Å². The number of carbonyl (C=O) groups is 2. The maximum Gasteiger partial charge on any atom is 0.243 e. The Balaban J connectivity index is 1.79. The highest BCUT2D eigenvalue weighted by atomic mass is 16.2. The third-order valence-corrected chi connectivity index (χ3v) is 4.14. The lowest BCUT2D eigenvalue weighted by molar-refractivity contribution is -0.129. The predicted octanol–water partition coefficient (Wildman–Crippen LogP) is 0.782. The smallest absolute Gasteiger partial charge is 0.243 e. The van der Waals surface area contributed by atoms with E-state index in [4.69, 9.17) is 6.42 Å². The van der Waals surface area contributed by atoms with E-state index in [1.807, 2.05) is 11.8 Å². The zero-order valence-corrected chi connectivity index (χ0v) is 15.2. The van der Waals surface area contributed by atoms with Crippen LogP contribution in [0, 0.1) is 12.3 Å². The fraction of sp³-hybridized carbons (Fsp3) is 0.421. The minimum atomic E-state index is -0.198. The van der Waals surface area contributed by atoms with Crippen LogP contribution in [-0.4, -0.2) is 55.4 Å². The molecule has 138 valence electrons. The summed E-state index contributed by atoms with van der Waals surface area (Å²) in [7, 11) is 1.65. The van der Waals surface area contributed by atoms with Gasteiger partial charge in [0.15, 0.2) is 5.96 Å². The molecule has 1 heterocycles. The second kappa shape index (κ2) is 9.47. The van der Waals surface area contributed by atoms with E-state index in [1.165, 1.54) is 0 Å². The van der Waals surface area contributed by atoms with Gasteiger partial charge in [-0.15, -0.1) is 6.42 Å². The average molecular weight is 355 g/mol. The highest BCUT2D eigenvalue weighted by molar-refractivity contribution is 5.95. The number of guanidine groups is 1.